The predicted molar refractivity (Wildman–Crippen MR) is 76.9 cm³/mol. The van der Waals surface area contributed by atoms with E-state index in [4.69, 9.17) is 0 Å². The van der Waals surface area contributed by atoms with Crippen LogP contribution in [0.1, 0.15) is 33.6 Å². The van der Waals surface area contributed by atoms with Gasteiger partial charge >= 0.3 is 0 Å². The van der Waals surface area contributed by atoms with Crippen LogP contribution in [0.15, 0.2) is 24.5 Å². The third-order valence-corrected chi connectivity index (χ3v) is 4.20. The molecule has 0 radical (unpaired) electrons. The molecule has 1 aromatic heterocycles. The van der Waals surface area contributed by atoms with Gasteiger partial charge in [-0.3, -0.25) is 4.98 Å². The van der Waals surface area contributed by atoms with Crippen molar-refractivity contribution >= 4 is 5.69 Å². The summed E-state index contributed by atoms with van der Waals surface area (Å²) in [7, 11) is 0. The molecule has 3 heteroatoms. The molecular weight excluding hydrogens is 222 g/mol. The Morgan fingerprint density at radius 3 is 2.94 bits per heavy atom. The largest absolute Gasteiger partial charge is 0.367 e. The lowest BCUT2D eigenvalue weighted by molar-refractivity contribution is 0.271. The number of pyridine rings is 1. The third kappa shape index (κ3) is 2.83. The minimum atomic E-state index is 0.567. The second-order valence-electron chi connectivity index (χ2n) is 5.35. The van der Waals surface area contributed by atoms with E-state index in [1.54, 1.807) is 0 Å². The van der Waals surface area contributed by atoms with E-state index < -0.39 is 0 Å². The summed E-state index contributed by atoms with van der Waals surface area (Å²) in [6.45, 7) is 9.18. The van der Waals surface area contributed by atoms with Gasteiger partial charge in [0, 0.05) is 24.8 Å². The van der Waals surface area contributed by atoms with Crippen molar-refractivity contribution in [1.29, 1.82) is 0 Å². The molecule has 1 saturated heterocycles. The van der Waals surface area contributed by atoms with Crippen LogP contribution in [0, 0.1) is 5.92 Å². The van der Waals surface area contributed by atoms with Gasteiger partial charge in [-0.2, -0.15) is 0 Å². The molecule has 0 amide bonds. The van der Waals surface area contributed by atoms with Crippen molar-refractivity contribution in [2.24, 2.45) is 5.92 Å². The van der Waals surface area contributed by atoms with E-state index >= 15 is 0 Å². The number of nitrogens with one attached hydrogen (secondary N) is 1. The van der Waals surface area contributed by atoms with E-state index in [1.807, 2.05) is 18.5 Å². The maximum Gasteiger partial charge on any atom is 0.0555 e. The molecule has 3 unspecified atom stereocenters. The lowest BCUT2D eigenvalue weighted by atomic mass is 9.86. The van der Waals surface area contributed by atoms with E-state index in [0.717, 1.165) is 13.1 Å². The topological polar surface area (TPSA) is 28.2 Å². The fourth-order valence-corrected chi connectivity index (χ4v) is 2.87. The normalized spacial score (nSPS) is 28.4. The summed E-state index contributed by atoms with van der Waals surface area (Å²) in [5.74, 6) is 0.672. The Balaban J connectivity index is 2.02. The Morgan fingerprint density at radius 1 is 1.44 bits per heavy atom. The van der Waals surface area contributed by atoms with Gasteiger partial charge in [0.1, 0.15) is 0 Å². The van der Waals surface area contributed by atoms with Gasteiger partial charge in [-0.1, -0.05) is 13.8 Å². The molecule has 1 aromatic rings. The van der Waals surface area contributed by atoms with Crippen molar-refractivity contribution in [3.8, 4) is 0 Å². The summed E-state index contributed by atoms with van der Waals surface area (Å²) in [5.41, 5.74) is 1.26. The van der Waals surface area contributed by atoms with E-state index in [-0.39, 0.29) is 0 Å². The molecule has 100 valence electrons. The molecule has 0 saturated carbocycles. The first-order chi connectivity index (χ1) is 8.74. The summed E-state index contributed by atoms with van der Waals surface area (Å²) in [6, 6.07) is 5.41. The van der Waals surface area contributed by atoms with Crippen molar-refractivity contribution in [2.75, 3.05) is 18.0 Å². The van der Waals surface area contributed by atoms with Crippen molar-refractivity contribution in [3.63, 3.8) is 0 Å². The molecule has 0 spiro atoms. The van der Waals surface area contributed by atoms with Crippen molar-refractivity contribution in [1.82, 2.24) is 10.3 Å². The minimum absolute atomic E-state index is 0.567. The highest BCUT2D eigenvalue weighted by Gasteiger charge is 2.31. The number of hydrogen-bond donors (Lipinski definition) is 1. The van der Waals surface area contributed by atoms with Crippen LogP contribution in [0.4, 0.5) is 5.69 Å². The Morgan fingerprint density at radius 2 is 2.28 bits per heavy atom. The smallest absolute Gasteiger partial charge is 0.0555 e. The Bertz CT molecular complexity index is 352. The Labute approximate surface area is 111 Å². The molecule has 1 aliphatic rings. The number of anilines is 1. The van der Waals surface area contributed by atoms with Gasteiger partial charge in [-0.15, -0.1) is 0 Å². The van der Waals surface area contributed by atoms with Crippen LogP contribution in [0.25, 0.3) is 0 Å². The second kappa shape index (κ2) is 6.19. The van der Waals surface area contributed by atoms with Gasteiger partial charge in [0.15, 0.2) is 0 Å². The Hall–Kier alpha value is -1.09. The molecule has 1 aliphatic heterocycles. The summed E-state index contributed by atoms with van der Waals surface area (Å²) in [6.07, 6.45) is 6.25. The average molecular weight is 247 g/mol. The van der Waals surface area contributed by atoms with E-state index in [9.17, 15) is 0 Å². The molecule has 0 aliphatic carbocycles. The van der Waals surface area contributed by atoms with Crippen molar-refractivity contribution in [3.05, 3.63) is 24.5 Å². The lowest BCUT2D eigenvalue weighted by Crippen LogP contribution is -2.53. The van der Waals surface area contributed by atoms with Crippen LogP contribution in [-0.4, -0.2) is 30.2 Å². The van der Waals surface area contributed by atoms with E-state index in [0.29, 0.717) is 18.0 Å². The van der Waals surface area contributed by atoms with Gasteiger partial charge in [0.25, 0.3) is 0 Å². The third-order valence-electron chi connectivity index (χ3n) is 4.20. The number of rotatable bonds is 4. The SMILES string of the molecule is CCCNC1CCN(c2cccnc2)C(C)C1C. The van der Waals surface area contributed by atoms with Gasteiger partial charge in [0.05, 0.1) is 11.9 Å². The quantitative estimate of drug-likeness (QED) is 0.886. The number of nitrogens with zero attached hydrogens (tertiary/aromatic N) is 2. The summed E-state index contributed by atoms with van der Waals surface area (Å²) in [4.78, 5) is 6.72. The molecule has 0 aromatic carbocycles. The molecule has 1 N–H and O–H groups in total. The summed E-state index contributed by atoms with van der Waals surface area (Å²) < 4.78 is 0. The minimum Gasteiger partial charge on any atom is -0.367 e. The molecule has 18 heavy (non-hydrogen) atoms. The maximum absolute atomic E-state index is 4.23. The lowest BCUT2D eigenvalue weighted by Gasteiger charge is -2.44. The van der Waals surface area contributed by atoms with Crippen LogP contribution in [0.2, 0.25) is 0 Å². The van der Waals surface area contributed by atoms with Crippen molar-refractivity contribution in [2.45, 2.75) is 45.7 Å². The zero-order valence-electron chi connectivity index (χ0n) is 11.8. The first-order valence-corrected chi connectivity index (χ1v) is 7.14. The zero-order valence-corrected chi connectivity index (χ0v) is 11.8. The number of hydrogen-bond acceptors (Lipinski definition) is 3. The average Bonchev–Trinajstić information content (AvgIpc) is 2.41. The van der Waals surface area contributed by atoms with Crippen LogP contribution in [0.3, 0.4) is 0 Å². The highest BCUT2D eigenvalue weighted by atomic mass is 15.2. The fourth-order valence-electron chi connectivity index (χ4n) is 2.87. The van der Waals surface area contributed by atoms with Crippen molar-refractivity contribution < 1.29 is 0 Å². The molecule has 1 fully saturated rings. The van der Waals surface area contributed by atoms with Gasteiger partial charge in [-0.25, -0.2) is 0 Å². The zero-order chi connectivity index (χ0) is 13.0. The number of piperidine rings is 1. The first-order valence-electron chi connectivity index (χ1n) is 7.14. The highest BCUT2D eigenvalue weighted by molar-refractivity contribution is 5.45. The Kier molecular flexibility index (Phi) is 4.59. The van der Waals surface area contributed by atoms with Crippen LogP contribution in [-0.2, 0) is 0 Å². The summed E-state index contributed by atoms with van der Waals surface area (Å²) >= 11 is 0. The van der Waals surface area contributed by atoms with E-state index in [2.05, 4.69) is 42.0 Å². The molecule has 0 bridgehead atoms. The molecule has 3 atom stereocenters. The van der Waals surface area contributed by atoms with Gasteiger partial charge in [0.2, 0.25) is 0 Å². The van der Waals surface area contributed by atoms with Crippen LogP contribution >= 0.6 is 0 Å². The summed E-state index contributed by atoms with van der Waals surface area (Å²) in [5, 5.41) is 3.68. The van der Waals surface area contributed by atoms with Gasteiger partial charge < -0.3 is 10.2 Å². The second-order valence-corrected chi connectivity index (χ2v) is 5.35. The molecule has 2 heterocycles. The fraction of sp³-hybridized carbons (Fsp3) is 0.667. The van der Waals surface area contributed by atoms with Crippen LogP contribution in [0.5, 0.6) is 0 Å². The van der Waals surface area contributed by atoms with E-state index in [1.165, 1.54) is 18.5 Å². The number of aromatic nitrogens is 1. The molecular formula is C15H25N3. The molecule has 3 nitrogen and oxygen atoms in total. The van der Waals surface area contributed by atoms with Gasteiger partial charge in [-0.05, 0) is 44.4 Å². The predicted octanol–water partition coefficient (Wildman–Crippen LogP) is 2.68. The standard InChI is InChI=1S/C15H25N3/c1-4-8-17-15-7-10-18(13(3)12(15)2)14-6-5-9-16-11-14/h5-6,9,11-13,15,17H,4,7-8,10H2,1-3H3. The first kappa shape index (κ1) is 13.3. The monoisotopic (exact) mass is 247 g/mol. The maximum atomic E-state index is 4.23. The molecule has 2 rings (SSSR count). The highest BCUT2D eigenvalue weighted by Crippen LogP contribution is 2.28. The van der Waals surface area contributed by atoms with Crippen LogP contribution < -0.4 is 10.2 Å².